The lowest BCUT2D eigenvalue weighted by molar-refractivity contribution is -0.384. The van der Waals surface area contributed by atoms with Gasteiger partial charge in [0.25, 0.3) is 0 Å². The Hall–Kier alpha value is -2.18. The molecule has 72 heavy (non-hydrogen) atoms. The molecule has 0 saturated carbocycles. The fraction of sp³-hybridized carbons (Fsp3) is 0.950. The number of hydrogen-bond donors (Lipinski definition) is 19. The second-order valence-electron chi connectivity index (χ2n) is 18.3. The van der Waals surface area contributed by atoms with Crippen LogP contribution in [-0.4, -0.2) is 316 Å². The first kappa shape index (κ1) is 59.1. The summed E-state index contributed by atoms with van der Waals surface area (Å²) in [7, 11) is 0. The second kappa shape index (κ2) is 25.3. The first-order valence-electron chi connectivity index (χ1n) is 23.0. The SMILES string of the molecule is CC(=O)N[C@@H]1[C@@H](O)[C@H](O[C@@H]2O[C@H](CO)[C@@H](O[C@@H]3O[C@H](CO[C@H]4O[C@H](CO)[C@@H](O)[C@H](O)[C@@H]4O)[C@@H](O)[C@H](O[C@H]4O[C@H](CO)[C@@H](O)[C@H](O)[C@@H]4O)[C@@H]3O)[C@H](O)[C@H]2NC(C)=O)[C@@H](CO[C@@H]2O[C@@H](C)[C@@H](O)[C@@H](O)[C@@H]2O)O[C@@H]1O. The second-order valence-corrected chi connectivity index (χ2v) is 18.3. The quantitative estimate of drug-likeness (QED) is 0.0643. The third-order valence-corrected chi connectivity index (χ3v) is 13.2. The standard InChI is InChI=1S/C40H68N2O30/c1-9-19(48)25(54)28(57)37(64-9)63-8-16-33(23(52)17(35(61)65-16)41-10(2)46)70-36-18(42-11(3)47)24(53)32(14(6-45)68-36)71-40-31(60)34(72-39-30(59)27(56)21(50)13(5-44)67-39)22(51)15(69-40)7-62-38-29(58)26(55)20(49)12(4-43)66-38/h9,12-40,43-45,48-61H,4-8H2,1-3H3,(H,41,46)(H,42,47)/t9-,12+,13+,14+,15+,16+,17+,18+,19+,20+,21+,22+,23+,24+,25+,26-,27-,28-,29-,30-,31-,32+,33+,34-,35-,36-,37+,38-,39+,40-/m0/s1. The summed E-state index contributed by atoms with van der Waals surface area (Å²) in [6.45, 7) is -1.00. The van der Waals surface area contributed by atoms with Gasteiger partial charge < -0.3 is 150 Å². The van der Waals surface area contributed by atoms with Crippen LogP contribution in [0.4, 0.5) is 0 Å². The lowest BCUT2D eigenvalue weighted by Crippen LogP contribution is -2.70. The zero-order chi connectivity index (χ0) is 53.2. The van der Waals surface area contributed by atoms with Crippen molar-refractivity contribution in [3.63, 3.8) is 0 Å². The van der Waals surface area contributed by atoms with E-state index in [-0.39, 0.29) is 0 Å². The van der Waals surface area contributed by atoms with E-state index in [9.17, 15) is 96.4 Å². The molecule has 6 rings (SSSR count). The molecule has 6 saturated heterocycles. The van der Waals surface area contributed by atoms with Gasteiger partial charge in [0, 0.05) is 13.8 Å². The van der Waals surface area contributed by atoms with E-state index in [1.54, 1.807) is 0 Å². The number of aliphatic hydroxyl groups is 17. The van der Waals surface area contributed by atoms with E-state index < -0.39 is 229 Å². The predicted molar refractivity (Wildman–Crippen MR) is 221 cm³/mol. The number of carbonyl (C=O) groups excluding carboxylic acids is 2. The average Bonchev–Trinajstić information content (AvgIpc) is 3.34. The Morgan fingerprint density at radius 3 is 1.35 bits per heavy atom. The molecule has 6 aliphatic heterocycles. The summed E-state index contributed by atoms with van der Waals surface area (Å²) < 4.78 is 62.8. The lowest BCUT2D eigenvalue weighted by atomic mass is 9.94. The van der Waals surface area contributed by atoms with Crippen LogP contribution in [0.2, 0.25) is 0 Å². The van der Waals surface area contributed by atoms with Gasteiger partial charge in [0.05, 0.1) is 39.1 Å². The van der Waals surface area contributed by atoms with Crippen LogP contribution < -0.4 is 10.6 Å². The zero-order valence-corrected chi connectivity index (χ0v) is 38.8. The molecular formula is C40H68N2O30. The van der Waals surface area contributed by atoms with Gasteiger partial charge in [-0.05, 0) is 6.92 Å². The highest BCUT2D eigenvalue weighted by atomic mass is 16.8. The van der Waals surface area contributed by atoms with Gasteiger partial charge in [0.1, 0.15) is 140 Å². The van der Waals surface area contributed by atoms with Crippen LogP contribution in [0.25, 0.3) is 0 Å². The summed E-state index contributed by atoms with van der Waals surface area (Å²) >= 11 is 0. The van der Waals surface area contributed by atoms with Crippen LogP contribution >= 0.6 is 0 Å². The monoisotopic (exact) mass is 1060 g/mol. The van der Waals surface area contributed by atoms with Crippen molar-refractivity contribution >= 4 is 11.8 Å². The summed E-state index contributed by atoms with van der Waals surface area (Å²) in [6.07, 6.45) is -51.4. The Labute approximate surface area is 408 Å². The third-order valence-electron chi connectivity index (χ3n) is 13.2. The molecule has 0 radical (unpaired) electrons. The Morgan fingerprint density at radius 1 is 0.389 bits per heavy atom. The van der Waals surface area contributed by atoms with Gasteiger partial charge in [-0.2, -0.15) is 0 Å². The number of aliphatic hydroxyl groups excluding tert-OH is 17. The molecule has 2 amide bonds. The van der Waals surface area contributed by atoms with E-state index in [0.717, 1.165) is 13.8 Å². The zero-order valence-electron chi connectivity index (χ0n) is 38.8. The number of ether oxygens (including phenoxy) is 11. The molecular weight excluding hydrogens is 988 g/mol. The number of carbonyl (C=O) groups is 2. The number of amides is 2. The van der Waals surface area contributed by atoms with Gasteiger partial charge in [-0.25, -0.2) is 0 Å². The first-order valence-corrected chi connectivity index (χ1v) is 23.0. The van der Waals surface area contributed by atoms with Crippen LogP contribution in [0.15, 0.2) is 0 Å². The molecule has 0 aliphatic carbocycles. The molecule has 418 valence electrons. The molecule has 19 N–H and O–H groups in total. The first-order chi connectivity index (χ1) is 33.9. The Kier molecular flexibility index (Phi) is 20.8. The van der Waals surface area contributed by atoms with E-state index in [1.165, 1.54) is 6.92 Å². The summed E-state index contributed by atoms with van der Waals surface area (Å²) in [4.78, 5) is 24.8. The highest BCUT2D eigenvalue weighted by molar-refractivity contribution is 5.73. The fourth-order valence-electron chi connectivity index (χ4n) is 9.06. The maximum absolute atomic E-state index is 12.7. The molecule has 0 unspecified atom stereocenters. The minimum atomic E-state index is -2.23. The Morgan fingerprint density at radius 2 is 0.792 bits per heavy atom. The van der Waals surface area contributed by atoms with Gasteiger partial charge >= 0.3 is 0 Å². The Balaban J connectivity index is 1.26. The minimum absolute atomic E-state index is 0.728. The molecule has 6 heterocycles. The smallest absolute Gasteiger partial charge is 0.217 e. The van der Waals surface area contributed by atoms with Crippen molar-refractivity contribution in [2.24, 2.45) is 0 Å². The van der Waals surface area contributed by atoms with Crippen molar-refractivity contribution in [3.05, 3.63) is 0 Å². The fourth-order valence-corrected chi connectivity index (χ4v) is 9.06. The molecule has 0 spiro atoms. The maximum Gasteiger partial charge on any atom is 0.217 e. The topological polar surface area (TPSA) is 504 Å². The van der Waals surface area contributed by atoms with Crippen LogP contribution in [0.1, 0.15) is 20.8 Å². The van der Waals surface area contributed by atoms with Crippen molar-refractivity contribution < 1.29 is 149 Å². The molecule has 6 fully saturated rings. The van der Waals surface area contributed by atoms with E-state index in [1.807, 2.05) is 0 Å². The van der Waals surface area contributed by atoms with E-state index in [4.69, 9.17) is 52.1 Å². The molecule has 0 bridgehead atoms. The summed E-state index contributed by atoms with van der Waals surface area (Å²) in [5.74, 6) is -1.60. The highest BCUT2D eigenvalue weighted by Crippen LogP contribution is 2.36. The van der Waals surface area contributed by atoms with Crippen LogP contribution in [0.3, 0.4) is 0 Å². The normalized spacial score (nSPS) is 50.3. The van der Waals surface area contributed by atoms with Gasteiger partial charge in [0.15, 0.2) is 37.7 Å². The molecule has 32 heteroatoms. The minimum Gasteiger partial charge on any atom is -0.394 e. The van der Waals surface area contributed by atoms with Crippen molar-refractivity contribution in [3.8, 4) is 0 Å². The third kappa shape index (κ3) is 12.8. The molecule has 0 aromatic heterocycles. The van der Waals surface area contributed by atoms with Crippen LogP contribution in [0, 0.1) is 0 Å². The molecule has 0 aromatic carbocycles. The van der Waals surface area contributed by atoms with Gasteiger partial charge in [-0.15, -0.1) is 0 Å². The largest absolute Gasteiger partial charge is 0.394 e. The molecule has 6 aliphatic rings. The van der Waals surface area contributed by atoms with Crippen LogP contribution in [-0.2, 0) is 61.7 Å². The number of nitrogens with one attached hydrogen (secondary N) is 2. The highest BCUT2D eigenvalue weighted by Gasteiger charge is 2.57. The summed E-state index contributed by atoms with van der Waals surface area (Å²) in [5.41, 5.74) is 0. The van der Waals surface area contributed by atoms with Gasteiger partial charge in [0.2, 0.25) is 11.8 Å². The number of hydrogen-bond acceptors (Lipinski definition) is 30. The van der Waals surface area contributed by atoms with E-state index >= 15 is 0 Å². The maximum atomic E-state index is 12.7. The Bertz CT molecular complexity index is 1730. The predicted octanol–water partition coefficient (Wildman–Crippen LogP) is -12.8. The van der Waals surface area contributed by atoms with Gasteiger partial charge in [-0.3, -0.25) is 9.59 Å². The molecule has 32 nitrogen and oxygen atoms in total. The average molecular weight is 1060 g/mol. The van der Waals surface area contributed by atoms with Crippen LogP contribution in [0.5, 0.6) is 0 Å². The van der Waals surface area contributed by atoms with E-state index in [0.29, 0.717) is 0 Å². The number of rotatable bonds is 17. The van der Waals surface area contributed by atoms with E-state index in [2.05, 4.69) is 10.6 Å². The molecule has 0 aromatic rings. The van der Waals surface area contributed by atoms with Crippen molar-refractivity contribution in [1.82, 2.24) is 10.6 Å². The molecule has 30 atom stereocenters. The van der Waals surface area contributed by atoms with Crippen molar-refractivity contribution in [2.45, 2.75) is 205 Å². The van der Waals surface area contributed by atoms with Crippen molar-refractivity contribution in [1.29, 1.82) is 0 Å². The van der Waals surface area contributed by atoms with Gasteiger partial charge in [-0.1, -0.05) is 0 Å². The summed E-state index contributed by atoms with van der Waals surface area (Å²) in [5, 5.41) is 186. The summed E-state index contributed by atoms with van der Waals surface area (Å²) in [6, 6.07) is -3.40. The lowest BCUT2D eigenvalue weighted by Gasteiger charge is -2.50. The van der Waals surface area contributed by atoms with Crippen molar-refractivity contribution in [2.75, 3.05) is 33.0 Å².